The summed E-state index contributed by atoms with van der Waals surface area (Å²) in [5, 5.41) is 16.2. The van der Waals surface area contributed by atoms with Crippen LogP contribution in [0.15, 0.2) is 24.3 Å². The van der Waals surface area contributed by atoms with Crippen LogP contribution in [-0.4, -0.2) is 30.6 Å². The molecule has 0 radical (unpaired) electrons. The largest absolute Gasteiger partial charge is 0.344 e. The van der Waals surface area contributed by atoms with E-state index in [2.05, 4.69) is 0 Å². The highest BCUT2D eigenvalue weighted by atomic mass is 16.2. The van der Waals surface area contributed by atoms with E-state index in [4.69, 9.17) is 10.7 Å². The third-order valence-corrected chi connectivity index (χ3v) is 2.13. The van der Waals surface area contributed by atoms with Crippen molar-refractivity contribution in [3.63, 3.8) is 0 Å². The third kappa shape index (κ3) is 2.92. The lowest BCUT2D eigenvalue weighted by atomic mass is 10.1. The fourth-order valence-electron chi connectivity index (χ4n) is 1.25. The Bertz CT molecular complexity index is 440. The Balaban J connectivity index is 2.71. The Kier molecular flexibility index (Phi) is 3.78. The van der Waals surface area contributed by atoms with E-state index in [-0.39, 0.29) is 11.6 Å². The summed E-state index contributed by atoms with van der Waals surface area (Å²) in [6.07, 6.45) is 0.294. The Labute approximate surface area is 94.6 Å². The maximum absolute atomic E-state index is 11.4. The normalized spacial score (nSPS) is 9.31. The van der Waals surface area contributed by atoms with Crippen molar-refractivity contribution in [2.45, 2.75) is 6.42 Å². The fourth-order valence-corrected chi connectivity index (χ4v) is 1.25. The van der Waals surface area contributed by atoms with Crippen LogP contribution in [-0.2, 0) is 11.2 Å². The first-order valence-corrected chi connectivity index (χ1v) is 4.82. The summed E-state index contributed by atoms with van der Waals surface area (Å²) < 4.78 is 0. The third-order valence-electron chi connectivity index (χ3n) is 2.13. The molecule has 0 heterocycles. The minimum absolute atomic E-state index is 0.0507. The summed E-state index contributed by atoms with van der Waals surface area (Å²) in [7, 11) is 3.24. The Morgan fingerprint density at radius 1 is 1.38 bits per heavy atom. The van der Waals surface area contributed by atoms with Crippen molar-refractivity contribution >= 4 is 11.6 Å². The lowest BCUT2D eigenvalue weighted by molar-refractivity contribution is -0.121. The standard InChI is InChI=1S/C12H13N3O/c1-15(2)12(16)11(14)7-9-3-5-10(8-13)6-4-9/h3-6,14H,7H2,1-2H3. The summed E-state index contributed by atoms with van der Waals surface area (Å²) in [4.78, 5) is 12.8. The van der Waals surface area contributed by atoms with Crippen LogP contribution in [0.3, 0.4) is 0 Å². The van der Waals surface area contributed by atoms with Crippen LogP contribution in [0.5, 0.6) is 0 Å². The number of carbonyl (C=O) groups excluding carboxylic acids is 1. The van der Waals surface area contributed by atoms with E-state index in [9.17, 15) is 4.79 Å². The molecule has 1 amide bonds. The second kappa shape index (κ2) is 5.08. The van der Waals surface area contributed by atoms with E-state index < -0.39 is 0 Å². The van der Waals surface area contributed by atoms with Crippen molar-refractivity contribution in [2.75, 3.05) is 14.1 Å². The Morgan fingerprint density at radius 2 is 1.94 bits per heavy atom. The molecule has 4 nitrogen and oxygen atoms in total. The summed E-state index contributed by atoms with van der Waals surface area (Å²) in [5.41, 5.74) is 1.49. The van der Waals surface area contributed by atoms with Crippen LogP contribution in [0.4, 0.5) is 0 Å². The SMILES string of the molecule is CN(C)C(=O)C(=N)Cc1ccc(C#N)cc1. The molecule has 0 atom stereocenters. The first kappa shape index (κ1) is 11.9. The molecule has 0 saturated carbocycles. The van der Waals surface area contributed by atoms with Crippen molar-refractivity contribution in [3.8, 4) is 6.07 Å². The molecule has 0 aliphatic heterocycles. The van der Waals surface area contributed by atoms with Crippen molar-refractivity contribution in [1.82, 2.24) is 4.90 Å². The average molecular weight is 215 g/mol. The Hall–Kier alpha value is -2.15. The minimum atomic E-state index is -0.288. The van der Waals surface area contributed by atoms with E-state index >= 15 is 0 Å². The number of amides is 1. The van der Waals surface area contributed by atoms with Crippen molar-refractivity contribution < 1.29 is 4.79 Å². The zero-order chi connectivity index (χ0) is 12.1. The molecule has 0 aromatic heterocycles. The molecule has 1 aromatic carbocycles. The molecule has 0 bridgehead atoms. The van der Waals surface area contributed by atoms with E-state index in [1.54, 1.807) is 38.4 Å². The lowest BCUT2D eigenvalue weighted by Crippen LogP contribution is -2.30. The summed E-state index contributed by atoms with van der Waals surface area (Å²) in [6.45, 7) is 0. The lowest BCUT2D eigenvalue weighted by Gasteiger charge is -2.10. The minimum Gasteiger partial charge on any atom is -0.344 e. The van der Waals surface area contributed by atoms with Crippen molar-refractivity contribution in [1.29, 1.82) is 10.7 Å². The van der Waals surface area contributed by atoms with Crippen molar-refractivity contribution in [3.05, 3.63) is 35.4 Å². The molecule has 0 aliphatic rings. The number of nitriles is 1. The highest BCUT2D eigenvalue weighted by Crippen LogP contribution is 2.05. The second-order valence-electron chi connectivity index (χ2n) is 3.66. The molecule has 82 valence electrons. The van der Waals surface area contributed by atoms with Crippen LogP contribution < -0.4 is 0 Å². The molecule has 1 N–H and O–H groups in total. The molecule has 0 aliphatic carbocycles. The highest BCUT2D eigenvalue weighted by molar-refractivity contribution is 6.37. The number of hydrogen-bond acceptors (Lipinski definition) is 3. The number of hydrogen-bond donors (Lipinski definition) is 1. The maximum atomic E-state index is 11.4. The van der Waals surface area contributed by atoms with E-state index in [1.807, 2.05) is 6.07 Å². The topological polar surface area (TPSA) is 68.0 Å². The van der Waals surface area contributed by atoms with Gasteiger partial charge in [-0.2, -0.15) is 5.26 Å². The first-order valence-electron chi connectivity index (χ1n) is 4.82. The predicted octanol–water partition coefficient (Wildman–Crippen LogP) is 1.21. The van der Waals surface area contributed by atoms with Gasteiger partial charge in [0.15, 0.2) is 0 Å². The van der Waals surface area contributed by atoms with Gasteiger partial charge in [0.2, 0.25) is 0 Å². The number of nitrogens with zero attached hydrogens (tertiary/aromatic N) is 2. The van der Waals surface area contributed by atoms with Gasteiger partial charge in [0.05, 0.1) is 11.6 Å². The van der Waals surface area contributed by atoms with Gasteiger partial charge in [0.1, 0.15) is 5.71 Å². The van der Waals surface area contributed by atoms with Crippen LogP contribution in [0, 0.1) is 16.7 Å². The molecule has 0 unspecified atom stereocenters. The molecule has 0 saturated heterocycles. The van der Waals surface area contributed by atoms with Gasteiger partial charge in [-0.25, -0.2) is 0 Å². The van der Waals surface area contributed by atoms with E-state index in [1.165, 1.54) is 4.90 Å². The number of rotatable bonds is 3. The van der Waals surface area contributed by atoms with E-state index in [0.717, 1.165) is 5.56 Å². The summed E-state index contributed by atoms with van der Waals surface area (Å²) >= 11 is 0. The van der Waals surface area contributed by atoms with Crippen LogP contribution in [0.1, 0.15) is 11.1 Å². The zero-order valence-electron chi connectivity index (χ0n) is 9.32. The van der Waals surface area contributed by atoms with Gasteiger partial charge in [-0.1, -0.05) is 12.1 Å². The number of benzene rings is 1. The summed E-state index contributed by atoms with van der Waals surface area (Å²) in [5.74, 6) is -0.288. The second-order valence-corrected chi connectivity index (χ2v) is 3.66. The molecule has 16 heavy (non-hydrogen) atoms. The monoisotopic (exact) mass is 215 g/mol. The fraction of sp³-hybridized carbons (Fsp3) is 0.250. The Morgan fingerprint density at radius 3 is 2.38 bits per heavy atom. The van der Waals surface area contributed by atoms with Crippen molar-refractivity contribution in [2.24, 2.45) is 0 Å². The van der Waals surface area contributed by atoms with Gasteiger partial charge in [0.25, 0.3) is 5.91 Å². The quantitative estimate of drug-likeness (QED) is 0.770. The molecule has 0 spiro atoms. The van der Waals surface area contributed by atoms with Crippen LogP contribution in [0.2, 0.25) is 0 Å². The van der Waals surface area contributed by atoms with E-state index in [0.29, 0.717) is 12.0 Å². The van der Waals surface area contributed by atoms with Gasteiger partial charge in [0, 0.05) is 20.5 Å². The van der Waals surface area contributed by atoms with Gasteiger partial charge in [-0.3, -0.25) is 10.2 Å². The molecule has 0 fully saturated rings. The molecular formula is C12H13N3O. The van der Waals surface area contributed by atoms with Gasteiger partial charge < -0.3 is 4.90 Å². The molecule has 4 heteroatoms. The zero-order valence-corrected chi connectivity index (χ0v) is 9.32. The summed E-state index contributed by atoms with van der Waals surface area (Å²) in [6, 6.07) is 8.91. The van der Waals surface area contributed by atoms with Gasteiger partial charge >= 0.3 is 0 Å². The van der Waals surface area contributed by atoms with Crippen LogP contribution >= 0.6 is 0 Å². The molecule has 1 aromatic rings. The molecular weight excluding hydrogens is 202 g/mol. The molecule has 1 rings (SSSR count). The van der Waals surface area contributed by atoms with Crippen LogP contribution in [0.25, 0.3) is 0 Å². The number of carbonyl (C=O) groups is 1. The van der Waals surface area contributed by atoms with Gasteiger partial charge in [-0.05, 0) is 17.7 Å². The average Bonchev–Trinajstić information content (AvgIpc) is 2.28. The first-order chi connectivity index (χ1) is 7.54. The van der Waals surface area contributed by atoms with Gasteiger partial charge in [-0.15, -0.1) is 0 Å². The smallest absolute Gasteiger partial charge is 0.267 e. The predicted molar refractivity (Wildman–Crippen MR) is 61.3 cm³/mol. The number of nitrogens with one attached hydrogen (secondary N) is 1. The highest BCUT2D eigenvalue weighted by Gasteiger charge is 2.11. The maximum Gasteiger partial charge on any atom is 0.267 e.